The van der Waals surface area contributed by atoms with Crippen LogP contribution in [0, 0.1) is 0 Å². The van der Waals surface area contributed by atoms with Crippen LogP contribution in [-0.2, 0) is 0 Å². The van der Waals surface area contributed by atoms with Gasteiger partial charge in [0.05, 0.1) is 0 Å². The van der Waals surface area contributed by atoms with Crippen molar-refractivity contribution in [1.82, 2.24) is 10.2 Å². The number of likely N-dealkylation sites (tertiary alicyclic amines) is 1. The third-order valence-corrected chi connectivity index (χ3v) is 4.05. The average molecular weight is 210 g/mol. The molecule has 88 valence electrons. The fraction of sp³-hybridized carbons (Fsp3) is 1.00. The molecule has 2 nitrogen and oxygen atoms in total. The number of rotatable bonds is 5. The minimum atomic E-state index is 0.774. The van der Waals surface area contributed by atoms with Crippen molar-refractivity contribution in [2.24, 2.45) is 0 Å². The highest BCUT2D eigenvalue weighted by molar-refractivity contribution is 4.87. The summed E-state index contributed by atoms with van der Waals surface area (Å²) in [7, 11) is 0. The Kier molecular flexibility index (Phi) is 4.04. The zero-order chi connectivity index (χ0) is 10.7. The summed E-state index contributed by atoms with van der Waals surface area (Å²) in [5.41, 5.74) is 0. The van der Waals surface area contributed by atoms with E-state index in [9.17, 15) is 0 Å². The van der Waals surface area contributed by atoms with E-state index in [-0.39, 0.29) is 0 Å². The highest BCUT2D eigenvalue weighted by atomic mass is 15.2. The van der Waals surface area contributed by atoms with Crippen molar-refractivity contribution < 1.29 is 0 Å². The third kappa shape index (κ3) is 3.18. The van der Waals surface area contributed by atoms with E-state index in [1.807, 2.05) is 0 Å². The van der Waals surface area contributed by atoms with Crippen LogP contribution in [0.4, 0.5) is 0 Å². The van der Waals surface area contributed by atoms with Gasteiger partial charge in [0.2, 0.25) is 0 Å². The van der Waals surface area contributed by atoms with Gasteiger partial charge >= 0.3 is 0 Å². The highest BCUT2D eigenvalue weighted by Crippen LogP contribution is 2.23. The van der Waals surface area contributed by atoms with Gasteiger partial charge in [-0.15, -0.1) is 0 Å². The summed E-state index contributed by atoms with van der Waals surface area (Å²) in [6.07, 6.45) is 8.37. The number of nitrogens with zero attached hydrogens (tertiary/aromatic N) is 1. The van der Waals surface area contributed by atoms with Crippen LogP contribution in [0.3, 0.4) is 0 Å². The molecule has 2 heteroatoms. The highest BCUT2D eigenvalue weighted by Gasteiger charge is 2.28. The van der Waals surface area contributed by atoms with Crippen LogP contribution in [0.2, 0.25) is 0 Å². The second-order valence-electron chi connectivity index (χ2n) is 5.33. The molecule has 1 aliphatic heterocycles. The standard InChI is InChI=1S/C13H26N2/c1-3-11(2)15-9-5-4-6-13(15)10-14-12-7-8-12/h11-14H,3-10H2,1-2H3. The maximum absolute atomic E-state index is 3.69. The topological polar surface area (TPSA) is 15.3 Å². The SMILES string of the molecule is CCC(C)N1CCCCC1CNC1CC1. The molecule has 2 atom stereocenters. The Labute approximate surface area is 94.4 Å². The Morgan fingerprint density at radius 1 is 1.27 bits per heavy atom. The number of hydrogen-bond donors (Lipinski definition) is 1. The summed E-state index contributed by atoms with van der Waals surface area (Å²) < 4.78 is 0. The lowest BCUT2D eigenvalue weighted by Crippen LogP contribution is -2.49. The first-order valence-electron chi connectivity index (χ1n) is 6.80. The van der Waals surface area contributed by atoms with Crippen molar-refractivity contribution in [2.45, 2.75) is 70.5 Å². The van der Waals surface area contributed by atoms with Gasteiger partial charge in [0.1, 0.15) is 0 Å². The number of nitrogens with one attached hydrogen (secondary N) is 1. The van der Waals surface area contributed by atoms with E-state index >= 15 is 0 Å². The maximum Gasteiger partial charge on any atom is 0.0223 e. The Morgan fingerprint density at radius 2 is 2.07 bits per heavy atom. The van der Waals surface area contributed by atoms with Crippen LogP contribution in [0.1, 0.15) is 52.4 Å². The van der Waals surface area contributed by atoms with Gasteiger partial charge < -0.3 is 5.32 Å². The summed E-state index contributed by atoms with van der Waals surface area (Å²) in [6, 6.07) is 2.45. The van der Waals surface area contributed by atoms with Gasteiger partial charge in [-0.25, -0.2) is 0 Å². The van der Waals surface area contributed by atoms with Crippen LogP contribution >= 0.6 is 0 Å². The van der Waals surface area contributed by atoms with Crippen molar-refractivity contribution in [3.63, 3.8) is 0 Å². The Bertz CT molecular complexity index is 189. The molecule has 0 aromatic heterocycles. The normalized spacial score (nSPS) is 30.4. The summed E-state index contributed by atoms with van der Waals surface area (Å²) >= 11 is 0. The summed E-state index contributed by atoms with van der Waals surface area (Å²) in [6.45, 7) is 7.25. The number of piperidine rings is 1. The van der Waals surface area contributed by atoms with E-state index in [0.29, 0.717) is 0 Å². The summed E-state index contributed by atoms with van der Waals surface area (Å²) in [5.74, 6) is 0. The van der Waals surface area contributed by atoms with Gasteiger partial charge in [-0.3, -0.25) is 4.90 Å². The van der Waals surface area contributed by atoms with Crippen LogP contribution < -0.4 is 5.32 Å². The molecule has 0 bridgehead atoms. The molecule has 0 radical (unpaired) electrons. The minimum absolute atomic E-state index is 0.774. The molecule has 2 rings (SSSR count). The zero-order valence-corrected chi connectivity index (χ0v) is 10.3. The molecule has 0 spiro atoms. The van der Waals surface area contributed by atoms with Crippen LogP contribution in [-0.4, -0.2) is 36.1 Å². The quantitative estimate of drug-likeness (QED) is 0.749. The van der Waals surface area contributed by atoms with E-state index < -0.39 is 0 Å². The first-order chi connectivity index (χ1) is 7.31. The van der Waals surface area contributed by atoms with E-state index in [1.165, 1.54) is 51.6 Å². The molecule has 15 heavy (non-hydrogen) atoms. The average Bonchev–Trinajstić information content (AvgIpc) is 3.09. The van der Waals surface area contributed by atoms with Crippen LogP contribution in [0.15, 0.2) is 0 Å². The predicted octanol–water partition coefficient (Wildman–Crippen LogP) is 2.39. The summed E-state index contributed by atoms with van der Waals surface area (Å²) in [5, 5.41) is 3.69. The molecular weight excluding hydrogens is 184 g/mol. The van der Waals surface area contributed by atoms with Gasteiger partial charge in [-0.1, -0.05) is 13.3 Å². The molecule has 2 unspecified atom stereocenters. The summed E-state index contributed by atoms with van der Waals surface area (Å²) in [4.78, 5) is 2.74. The number of hydrogen-bond acceptors (Lipinski definition) is 2. The Morgan fingerprint density at radius 3 is 2.73 bits per heavy atom. The fourth-order valence-electron chi connectivity index (χ4n) is 2.65. The molecule has 1 aliphatic carbocycles. The van der Waals surface area contributed by atoms with Gasteiger partial charge in [0.25, 0.3) is 0 Å². The molecule has 0 amide bonds. The fourth-order valence-corrected chi connectivity index (χ4v) is 2.65. The Balaban J connectivity index is 1.80. The molecule has 1 saturated heterocycles. The Hall–Kier alpha value is -0.0800. The molecule has 2 aliphatic rings. The largest absolute Gasteiger partial charge is 0.312 e. The van der Waals surface area contributed by atoms with E-state index in [1.54, 1.807) is 0 Å². The molecule has 0 aromatic rings. The minimum Gasteiger partial charge on any atom is -0.312 e. The van der Waals surface area contributed by atoms with Crippen LogP contribution in [0.25, 0.3) is 0 Å². The lowest BCUT2D eigenvalue weighted by Gasteiger charge is -2.40. The second-order valence-corrected chi connectivity index (χ2v) is 5.33. The van der Waals surface area contributed by atoms with Crippen molar-refractivity contribution in [3.8, 4) is 0 Å². The van der Waals surface area contributed by atoms with E-state index in [4.69, 9.17) is 0 Å². The lowest BCUT2D eigenvalue weighted by molar-refractivity contribution is 0.0994. The van der Waals surface area contributed by atoms with Gasteiger partial charge in [-0.05, 0) is 45.6 Å². The second kappa shape index (κ2) is 5.31. The first kappa shape index (κ1) is 11.4. The molecule has 1 heterocycles. The van der Waals surface area contributed by atoms with Gasteiger partial charge in [0.15, 0.2) is 0 Å². The zero-order valence-electron chi connectivity index (χ0n) is 10.3. The monoisotopic (exact) mass is 210 g/mol. The van der Waals surface area contributed by atoms with E-state index in [0.717, 1.165) is 18.1 Å². The molecule has 1 saturated carbocycles. The molecule has 0 aromatic carbocycles. The van der Waals surface area contributed by atoms with E-state index in [2.05, 4.69) is 24.1 Å². The first-order valence-corrected chi connectivity index (χ1v) is 6.80. The van der Waals surface area contributed by atoms with Gasteiger partial charge in [0, 0.05) is 24.7 Å². The maximum atomic E-state index is 3.69. The van der Waals surface area contributed by atoms with Gasteiger partial charge in [-0.2, -0.15) is 0 Å². The molecule has 1 N–H and O–H groups in total. The van der Waals surface area contributed by atoms with Crippen molar-refractivity contribution in [2.75, 3.05) is 13.1 Å². The smallest absolute Gasteiger partial charge is 0.0223 e. The third-order valence-electron chi connectivity index (χ3n) is 4.05. The van der Waals surface area contributed by atoms with Crippen molar-refractivity contribution >= 4 is 0 Å². The molecular formula is C13H26N2. The van der Waals surface area contributed by atoms with Crippen molar-refractivity contribution in [3.05, 3.63) is 0 Å². The molecule has 2 fully saturated rings. The predicted molar refractivity (Wildman–Crippen MR) is 65.1 cm³/mol. The van der Waals surface area contributed by atoms with Crippen molar-refractivity contribution in [1.29, 1.82) is 0 Å². The lowest BCUT2D eigenvalue weighted by atomic mass is 9.99. The van der Waals surface area contributed by atoms with Crippen LogP contribution in [0.5, 0.6) is 0 Å².